The summed E-state index contributed by atoms with van der Waals surface area (Å²) in [7, 11) is -3.22. The summed E-state index contributed by atoms with van der Waals surface area (Å²) in [6.45, 7) is 7.64. The van der Waals surface area contributed by atoms with Gasteiger partial charge in [0.1, 0.15) is 0 Å². The average molecular weight is 223 g/mol. The molecule has 0 rings (SSSR count). The summed E-state index contributed by atoms with van der Waals surface area (Å²) in [4.78, 5) is 0. The smallest absolute Gasteiger partial charge is 0.287 e. The van der Waals surface area contributed by atoms with Crippen LogP contribution >= 0.6 is 7.82 Å². The van der Waals surface area contributed by atoms with Crippen LogP contribution in [0.2, 0.25) is 0 Å². The first-order valence-electron chi connectivity index (χ1n) is 4.44. The monoisotopic (exact) mass is 223 g/mol. The summed E-state index contributed by atoms with van der Waals surface area (Å²) in [5.41, 5.74) is 0. The summed E-state index contributed by atoms with van der Waals surface area (Å²) >= 11 is 0. The zero-order valence-corrected chi connectivity index (χ0v) is 10.0. The van der Waals surface area contributed by atoms with Gasteiger partial charge in [0.25, 0.3) is 0 Å². The molecule has 0 N–H and O–H groups in total. The Kier molecular flexibility index (Phi) is 12.2. The van der Waals surface area contributed by atoms with E-state index in [0.717, 1.165) is 0 Å². The molecule has 0 aliphatic carbocycles. The Bertz CT molecular complexity index is 178. The number of hydrogen-bond donors (Lipinski definition) is 0. The maximum absolute atomic E-state index is 11.3. The van der Waals surface area contributed by atoms with E-state index in [-0.39, 0.29) is 0 Å². The number of phosphoric acid groups is 1. The van der Waals surface area contributed by atoms with Gasteiger partial charge in [0.2, 0.25) is 0 Å². The number of hydrogen-bond acceptors (Lipinski definition) is 5. The fourth-order valence-corrected chi connectivity index (χ4v) is 1.76. The van der Waals surface area contributed by atoms with Crippen molar-refractivity contribution in [2.45, 2.75) is 27.7 Å². The Morgan fingerprint density at radius 3 is 1.43 bits per heavy atom. The summed E-state index contributed by atoms with van der Waals surface area (Å²) in [6.07, 6.45) is 0. The second-order valence-electron chi connectivity index (χ2n) is 1.92. The molecule has 0 aliphatic heterocycles. The predicted octanol–water partition coefficient (Wildman–Crippen LogP) is 2.73. The van der Waals surface area contributed by atoms with Gasteiger partial charge in [0.15, 0.2) is 0 Å². The summed E-state index contributed by atoms with van der Waals surface area (Å²) in [5, 5.41) is 7.32. The summed E-state index contributed by atoms with van der Waals surface area (Å²) < 4.78 is 25.8. The standard InChI is InChI=1S/C6H15O4P.C2H3N/c1-4-8-11(7,9-5-2)10-6-3;1-2-3/h4-6H2,1-3H3;1H3. The Balaban J connectivity index is 0. The highest BCUT2D eigenvalue weighted by atomic mass is 31.2. The zero-order chi connectivity index (χ0) is 11.4. The van der Waals surface area contributed by atoms with E-state index in [4.69, 9.17) is 18.8 Å². The SMILES string of the molecule is CC#N.CCOP(=O)(OCC)OCC. The van der Waals surface area contributed by atoms with Gasteiger partial charge in [-0.25, -0.2) is 4.57 Å². The predicted molar refractivity (Wildman–Crippen MR) is 53.8 cm³/mol. The third-order valence-electron chi connectivity index (χ3n) is 0.862. The molecule has 0 bridgehead atoms. The van der Waals surface area contributed by atoms with Crippen molar-refractivity contribution in [1.29, 1.82) is 5.26 Å². The van der Waals surface area contributed by atoms with E-state index in [1.807, 2.05) is 0 Å². The maximum atomic E-state index is 11.3. The lowest BCUT2D eigenvalue weighted by atomic mass is 10.9. The van der Waals surface area contributed by atoms with E-state index in [9.17, 15) is 4.57 Å². The van der Waals surface area contributed by atoms with Gasteiger partial charge in [-0.1, -0.05) is 0 Å². The molecular formula is C8H18NO4P. The number of nitriles is 1. The van der Waals surface area contributed by atoms with Crippen molar-refractivity contribution in [3.8, 4) is 6.07 Å². The molecule has 0 saturated heterocycles. The van der Waals surface area contributed by atoms with Crippen LogP contribution in [0.5, 0.6) is 0 Å². The van der Waals surface area contributed by atoms with Crippen molar-refractivity contribution < 1.29 is 18.1 Å². The van der Waals surface area contributed by atoms with Crippen LogP contribution in [0, 0.1) is 11.3 Å². The van der Waals surface area contributed by atoms with Gasteiger partial charge in [-0.3, -0.25) is 13.6 Å². The normalized spacial score (nSPS) is 9.93. The van der Waals surface area contributed by atoms with Crippen LogP contribution in [0.1, 0.15) is 27.7 Å². The van der Waals surface area contributed by atoms with Crippen LogP contribution in [-0.2, 0) is 18.1 Å². The van der Waals surface area contributed by atoms with Gasteiger partial charge in [0, 0.05) is 6.92 Å². The van der Waals surface area contributed by atoms with Crippen LogP contribution in [0.4, 0.5) is 0 Å². The average Bonchev–Trinajstić information content (AvgIpc) is 2.06. The molecule has 0 heterocycles. The lowest BCUT2D eigenvalue weighted by molar-refractivity contribution is 0.126. The van der Waals surface area contributed by atoms with Gasteiger partial charge in [-0.15, -0.1) is 0 Å². The van der Waals surface area contributed by atoms with E-state index < -0.39 is 7.82 Å². The minimum atomic E-state index is -3.22. The molecule has 84 valence electrons. The van der Waals surface area contributed by atoms with Crippen LogP contribution in [0.15, 0.2) is 0 Å². The molecule has 14 heavy (non-hydrogen) atoms. The summed E-state index contributed by atoms with van der Waals surface area (Å²) in [6, 6.07) is 1.75. The highest BCUT2D eigenvalue weighted by molar-refractivity contribution is 7.48. The van der Waals surface area contributed by atoms with E-state index in [2.05, 4.69) is 0 Å². The van der Waals surface area contributed by atoms with Crippen LogP contribution in [0.25, 0.3) is 0 Å². The van der Waals surface area contributed by atoms with Gasteiger partial charge < -0.3 is 0 Å². The Morgan fingerprint density at radius 1 is 1.07 bits per heavy atom. The second-order valence-corrected chi connectivity index (χ2v) is 3.59. The first kappa shape index (κ1) is 16.0. The van der Waals surface area contributed by atoms with E-state index >= 15 is 0 Å². The zero-order valence-electron chi connectivity index (χ0n) is 9.15. The molecule has 0 fully saturated rings. The maximum Gasteiger partial charge on any atom is 0.474 e. The van der Waals surface area contributed by atoms with Gasteiger partial charge in [0.05, 0.1) is 25.9 Å². The molecular weight excluding hydrogens is 205 g/mol. The number of phosphoric ester groups is 1. The lowest BCUT2D eigenvalue weighted by Gasteiger charge is -2.14. The summed E-state index contributed by atoms with van der Waals surface area (Å²) in [5.74, 6) is 0. The van der Waals surface area contributed by atoms with Crippen molar-refractivity contribution >= 4 is 7.82 Å². The van der Waals surface area contributed by atoms with E-state index in [1.165, 1.54) is 6.92 Å². The first-order valence-corrected chi connectivity index (χ1v) is 5.90. The van der Waals surface area contributed by atoms with Crippen molar-refractivity contribution in [1.82, 2.24) is 0 Å². The van der Waals surface area contributed by atoms with Crippen molar-refractivity contribution in [2.24, 2.45) is 0 Å². The Hall–Kier alpha value is -0.400. The molecule has 0 spiro atoms. The molecule has 0 saturated carbocycles. The minimum Gasteiger partial charge on any atom is -0.287 e. The molecule has 0 unspecified atom stereocenters. The van der Waals surface area contributed by atoms with E-state index in [1.54, 1.807) is 26.8 Å². The molecule has 0 aromatic carbocycles. The van der Waals surface area contributed by atoms with Gasteiger partial charge in [-0.2, -0.15) is 5.26 Å². The molecule has 0 atom stereocenters. The first-order chi connectivity index (χ1) is 6.60. The van der Waals surface area contributed by atoms with Crippen molar-refractivity contribution in [3.05, 3.63) is 0 Å². The van der Waals surface area contributed by atoms with Crippen molar-refractivity contribution in [3.63, 3.8) is 0 Å². The second kappa shape index (κ2) is 10.7. The molecule has 6 heteroatoms. The third kappa shape index (κ3) is 9.69. The van der Waals surface area contributed by atoms with Crippen molar-refractivity contribution in [2.75, 3.05) is 19.8 Å². The Morgan fingerprint density at radius 2 is 1.29 bits per heavy atom. The third-order valence-corrected chi connectivity index (χ3v) is 2.58. The lowest BCUT2D eigenvalue weighted by Crippen LogP contribution is -1.99. The fraction of sp³-hybridized carbons (Fsp3) is 0.875. The molecule has 0 radical (unpaired) electrons. The molecule has 0 aromatic heterocycles. The molecule has 5 nitrogen and oxygen atoms in total. The van der Waals surface area contributed by atoms with Crippen LogP contribution in [0.3, 0.4) is 0 Å². The van der Waals surface area contributed by atoms with E-state index in [0.29, 0.717) is 19.8 Å². The van der Waals surface area contributed by atoms with Gasteiger partial charge >= 0.3 is 7.82 Å². The quantitative estimate of drug-likeness (QED) is 0.647. The Labute approximate surface area is 85.6 Å². The highest BCUT2D eigenvalue weighted by Crippen LogP contribution is 2.48. The number of rotatable bonds is 6. The number of nitrogens with zero attached hydrogens (tertiary/aromatic N) is 1. The van der Waals surface area contributed by atoms with Gasteiger partial charge in [-0.05, 0) is 20.8 Å². The molecule has 0 aromatic rings. The highest BCUT2D eigenvalue weighted by Gasteiger charge is 2.23. The fourth-order valence-electron chi connectivity index (χ4n) is 0.586. The van der Waals surface area contributed by atoms with Crippen LogP contribution < -0.4 is 0 Å². The minimum absolute atomic E-state index is 0.331. The molecule has 0 amide bonds. The van der Waals surface area contributed by atoms with Crippen LogP contribution in [-0.4, -0.2) is 19.8 Å². The topological polar surface area (TPSA) is 68.5 Å². The molecule has 0 aliphatic rings. The largest absolute Gasteiger partial charge is 0.474 e.